The SMILES string of the molecule is COc1ccc(N2C(=O)C(=O)/C(=C(\O)c3ccc(OC)c(C)c3)C2c2cccc3ccccc23)cc1. The lowest BCUT2D eigenvalue weighted by molar-refractivity contribution is -0.132. The van der Waals surface area contributed by atoms with E-state index in [4.69, 9.17) is 9.47 Å². The maximum atomic E-state index is 13.5. The van der Waals surface area contributed by atoms with Crippen LogP contribution in [0.4, 0.5) is 5.69 Å². The summed E-state index contributed by atoms with van der Waals surface area (Å²) < 4.78 is 10.6. The van der Waals surface area contributed by atoms with Gasteiger partial charge in [0.1, 0.15) is 17.3 Å². The van der Waals surface area contributed by atoms with Crippen LogP contribution in [0.5, 0.6) is 11.5 Å². The van der Waals surface area contributed by atoms with Gasteiger partial charge < -0.3 is 14.6 Å². The number of aryl methyl sites for hydroxylation is 1. The maximum absolute atomic E-state index is 13.5. The second-order valence-corrected chi connectivity index (χ2v) is 8.62. The number of aliphatic hydroxyl groups is 1. The van der Waals surface area contributed by atoms with Crippen LogP contribution >= 0.6 is 0 Å². The number of anilines is 1. The number of amides is 1. The van der Waals surface area contributed by atoms with Crippen molar-refractivity contribution in [3.8, 4) is 11.5 Å². The van der Waals surface area contributed by atoms with Crippen LogP contribution in [0, 0.1) is 6.92 Å². The molecule has 0 aliphatic carbocycles. The number of rotatable bonds is 5. The molecule has 36 heavy (non-hydrogen) atoms. The molecule has 0 saturated carbocycles. The van der Waals surface area contributed by atoms with E-state index in [0.717, 1.165) is 21.9 Å². The fourth-order valence-corrected chi connectivity index (χ4v) is 4.81. The smallest absolute Gasteiger partial charge is 0.300 e. The van der Waals surface area contributed by atoms with Gasteiger partial charge in [0.25, 0.3) is 11.7 Å². The number of benzene rings is 4. The van der Waals surface area contributed by atoms with Gasteiger partial charge in [-0.1, -0.05) is 42.5 Å². The highest BCUT2D eigenvalue weighted by Gasteiger charge is 2.47. The molecule has 1 aliphatic heterocycles. The van der Waals surface area contributed by atoms with Gasteiger partial charge in [-0.25, -0.2) is 0 Å². The summed E-state index contributed by atoms with van der Waals surface area (Å²) in [7, 11) is 3.14. The van der Waals surface area contributed by atoms with Crippen molar-refractivity contribution in [2.45, 2.75) is 13.0 Å². The summed E-state index contributed by atoms with van der Waals surface area (Å²) in [6, 6.07) is 24.8. The molecule has 1 unspecified atom stereocenters. The fraction of sp³-hybridized carbons (Fsp3) is 0.133. The number of carbonyl (C=O) groups excluding carboxylic acids is 2. The van der Waals surface area contributed by atoms with Crippen LogP contribution in [0.3, 0.4) is 0 Å². The topological polar surface area (TPSA) is 76.1 Å². The van der Waals surface area contributed by atoms with Crippen LogP contribution in [0.15, 0.2) is 90.5 Å². The van der Waals surface area contributed by atoms with E-state index in [1.165, 1.54) is 4.90 Å². The van der Waals surface area contributed by atoms with Gasteiger partial charge in [-0.15, -0.1) is 0 Å². The molecule has 6 heteroatoms. The third kappa shape index (κ3) is 3.77. The maximum Gasteiger partial charge on any atom is 0.300 e. The number of ether oxygens (including phenoxy) is 2. The van der Waals surface area contributed by atoms with E-state index in [-0.39, 0.29) is 11.3 Å². The van der Waals surface area contributed by atoms with E-state index >= 15 is 0 Å². The molecule has 1 fully saturated rings. The number of hydrogen-bond acceptors (Lipinski definition) is 5. The summed E-state index contributed by atoms with van der Waals surface area (Å²) >= 11 is 0. The van der Waals surface area contributed by atoms with Gasteiger partial charge in [0.15, 0.2) is 0 Å². The van der Waals surface area contributed by atoms with Crippen molar-refractivity contribution in [3.05, 3.63) is 107 Å². The van der Waals surface area contributed by atoms with E-state index in [1.54, 1.807) is 56.7 Å². The van der Waals surface area contributed by atoms with Crippen LogP contribution in [0.25, 0.3) is 16.5 Å². The first-order chi connectivity index (χ1) is 17.4. The Morgan fingerprint density at radius 3 is 2.28 bits per heavy atom. The summed E-state index contributed by atoms with van der Waals surface area (Å²) in [6.07, 6.45) is 0. The summed E-state index contributed by atoms with van der Waals surface area (Å²) in [6.45, 7) is 1.85. The summed E-state index contributed by atoms with van der Waals surface area (Å²) in [5.41, 5.74) is 2.55. The molecule has 1 N–H and O–H groups in total. The predicted molar refractivity (Wildman–Crippen MR) is 139 cm³/mol. The summed E-state index contributed by atoms with van der Waals surface area (Å²) in [5.74, 6) is -0.380. The second-order valence-electron chi connectivity index (χ2n) is 8.62. The highest BCUT2D eigenvalue weighted by molar-refractivity contribution is 6.51. The lowest BCUT2D eigenvalue weighted by atomic mass is 9.91. The number of fused-ring (bicyclic) bond motifs is 1. The van der Waals surface area contributed by atoms with Crippen molar-refractivity contribution >= 4 is 33.9 Å². The minimum Gasteiger partial charge on any atom is -0.507 e. The zero-order chi connectivity index (χ0) is 25.4. The first kappa shape index (κ1) is 23.2. The van der Waals surface area contributed by atoms with Crippen molar-refractivity contribution in [3.63, 3.8) is 0 Å². The molecule has 4 aromatic carbocycles. The number of ketones is 1. The number of carbonyl (C=O) groups is 2. The number of Topliss-reactive ketones (excluding diaryl/α,β-unsaturated/α-hetero) is 1. The molecule has 0 spiro atoms. The van der Waals surface area contributed by atoms with E-state index in [1.807, 2.05) is 49.4 Å². The van der Waals surface area contributed by atoms with E-state index in [2.05, 4.69) is 0 Å². The van der Waals surface area contributed by atoms with Crippen LogP contribution in [-0.4, -0.2) is 31.0 Å². The third-order valence-corrected chi connectivity index (χ3v) is 6.58. The Kier molecular flexibility index (Phi) is 5.94. The Labute approximate surface area is 209 Å². The van der Waals surface area contributed by atoms with Crippen molar-refractivity contribution in [2.75, 3.05) is 19.1 Å². The van der Waals surface area contributed by atoms with Crippen LogP contribution < -0.4 is 14.4 Å². The summed E-state index contributed by atoms with van der Waals surface area (Å²) in [5, 5.41) is 13.3. The fourth-order valence-electron chi connectivity index (χ4n) is 4.81. The third-order valence-electron chi connectivity index (χ3n) is 6.58. The van der Waals surface area contributed by atoms with Gasteiger partial charge in [0.05, 0.1) is 25.8 Å². The van der Waals surface area contributed by atoms with Crippen molar-refractivity contribution < 1.29 is 24.2 Å². The zero-order valence-electron chi connectivity index (χ0n) is 20.2. The van der Waals surface area contributed by atoms with E-state index in [9.17, 15) is 14.7 Å². The Morgan fingerprint density at radius 2 is 1.58 bits per heavy atom. The molecule has 1 saturated heterocycles. The Hall–Kier alpha value is -4.58. The molecule has 180 valence electrons. The summed E-state index contributed by atoms with van der Waals surface area (Å²) in [4.78, 5) is 28.4. The first-order valence-corrected chi connectivity index (χ1v) is 11.5. The average Bonchev–Trinajstić information content (AvgIpc) is 3.17. The van der Waals surface area contributed by atoms with Gasteiger partial charge >= 0.3 is 0 Å². The number of hydrogen-bond donors (Lipinski definition) is 1. The van der Waals surface area contributed by atoms with E-state index in [0.29, 0.717) is 22.7 Å². The molecule has 6 nitrogen and oxygen atoms in total. The lowest BCUT2D eigenvalue weighted by Gasteiger charge is -2.26. The molecule has 0 bridgehead atoms. The van der Waals surface area contributed by atoms with Crippen molar-refractivity contribution in [1.82, 2.24) is 0 Å². The van der Waals surface area contributed by atoms with Crippen LogP contribution in [-0.2, 0) is 9.59 Å². The molecule has 5 rings (SSSR count). The normalized spacial score (nSPS) is 17.0. The molecule has 1 atom stereocenters. The predicted octanol–water partition coefficient (Wildman–Crippen LogP) is 5.79. The standard InChI is InChI=1S/C30H25NO5/c1-18-17-20(11-16-25(18)36-3)28(32)26-27(24-10-6-8-19-7-4-5-9-23(19)24)31(30(34)29(26)33)21-12-14-22(35-2)15-13-21/h4-17,27,32H,1-3H3/b28-26-. The molecular formula is C30H25NO5. The zero-order valence-corrected chi connectivity index (χ0v) is 20.2. The number of nitrogens with zero attached hydrogens (tertiary/aromatic N) is 1. The molecule has 1 heterocycles. The van der Waals surface area contributed by atoms with Gasteiger partial charge in [0, 0.05) is 11.3 Å². The van der Waals surface area contributed by atoms with Gasteiger partial charge in [-0.2, -0.15) is 0 Å². The second kappa shape index (κ2) is 9.23. The Bertz CT molecular complexity index is 1520. The Balaban J connectivity index is 1.77. The number of aliphatic hydroxyl groups excluding tert-OH is 1. The monoisotopic (exact) mass is 479 g/mol. The quantitative estimate of drug-likeness (QED) is 0.223. The average molecular weight is 480 g/mol. The lowest BCUT2D eigenvalue weighted by Crippen LogP contribution is -2.29. The highest BCUT2D eigenvalue weighted by atomic mass is 16.5. The minimum atomic E-state index is -0.827. The number of methoxy groups -OCH3 is 2. The largest absolute Gasteiger partial charge is 0.507 e. The van der Waals surface area contributed by atoms with E-state index < -0.39 is 17.7 Å². The van der Waals surface area contributed by atoms with Crippen molar-refractivity contribution in [2.24, 2.45) is 0 Å². The first-order valence-electron chi connectivity index (χ1n) is 11.5. The van der Waals surface area contributed by atoms with Gasteiger partial charge in [0.2, 0.25) is 0 Å². The van der Waals surface area contributed by atoms with Crippen LogP contribution in [0.2, 0.25) is 0 Å². The van der Waals surface area contributed by atoms with Crippen molar-refractivity contribution in [1.29, 1.82) is 0 Å². The molecular weight excluding hydrogens is 454 g/mol. The molecule has 0 radical (unpaired) electrons. The van der Waals surface area contributed by atoms with Crippen LogP contribution in [0.1, 0.15) is 22.7 Å². The molecule has 0 aromatic heterocycles. The minimum absolute atomic E-state index is 0.0386. The Morgan fingerprint density at radius 1 is 0.861 bits per heavy atom. The molecule has 1 amide bonds. The highest BCUT2D eigenvalue weighted by Crippen LogP contribution is 2.44. The molecule has 4 aromatic rings. The van der Waals surface area contributed by atoms with Gasteiger partial charge in [-0.05, 0) is 71.3 Å². The van der Waals surface area contributed by atoms with Gasteiger partial charge in [-0.3, -0.25) is 14.5 Å². The molecule has 1 aliphatic rings.